The molecule has 1 atom stereocenters. The van der Waals surface area contributed by atoms with E-state index in [1.54, 1.807) is 24.0 Å². The molecule has 154 valence electrons. The predicted molar refractivity (Wildman–Crippen MR) is 119 cm³/mol. The zero-order chi connectivity index (χ0) is 21.1. The molecule has 6 nitrogen and oxygen atoms in total. The third-order valence-corrected chi connectivity index (χ3v) is 5.82. The zero-order valence-electron chi connectivity index (χ0n) is 17.0. The molecule has 0 saturated heterocycles. The van der Waals surface area contributed by atoms with Crippen LogP contribution >= 0.6 is 11.8 Å². The van der Waals surface area contributed by atoms with E-state index in [0.29, 0.717) is 5.56 Å². The highest BCUT2D eigenvalue weighted by atomic mass is 32.2. The topological polar surface area (TPSA) is 76.0 Å². The monoisotopic (exact) mass is 420 g/mol. The first-order valence-corrected chi connectivity index (χ1v) is 11.2. The number of anilines is 1. The third kappa shape index (κ3) is 4.57. The SMILES string of the molecule is CSc1nccn1-c1cccc(C(=O)NC(C)c2ccc(NC(=O)C3CC3)cc2)c1. The van der Waals surface area contributed by atoms with Crippen LogP contribution in [0.4, 0.5) is 5.69 Å². The van der Waals surface area contributed by atoms with Gasteiger partial charge in [0.15, 0.2) is 5.16 Å². The second kappa shape index (κ2) is 8.75. The number of benzene rings is 2. The molecule has 1 unspecified atom stereocenters. The predicted octanol–water partition coefficient (Wildman–Crippen LogP) is 4.43. The number of nitrogens with one attached hydrogen (secondary N) is 2. The summed E-state index contributed by atoms with van der Waals surface area (Å²) in [5, 5.41) is 6.85. The molecule has 0 radical (unpaired) electrons. The summed E-state index contributed by atoms with van der Waals surface area (Å²) in [5.41, 5.74) is 3.25. The molecule has 0 aliphatic heterocycles. The number of rotatable bonds is 7. The van der Waals surface area contributed by atoms with Crippen LogP contribution < -0.4 is 10.6 Å². The standard InChI is InChI=1S/C23H24N4O2S/c1-15(16-8-10-19(11-9-16)26-21(28)17-6-7-17)25-22(29)18-4-3-5-20(14-18)27-13-12-24-23(27)30-2/h3-5,8-15,17H,6-7H2,1-2H3,(H,25,29)(H,26,28). The number of aromatic nitrogens is 2. The van der Waals surface area contributed by atoms with E-state index in [4.69, 9.17) is 0 Å². The van der Waals surface area contributed by atoms with Gasteiger partial charge in [0.2, 0.25) is 5.91 Å². The quantitative estimate of drug-likeness (QED) is 0.554. The van der Waals surface area contributed by atoms with Crippen LogP contribution in [0.15, 0.2) is 66.1 Å². The van der Waals surface area contributed by atoms with Gasteiger partial charge in [-0.2, -0.15) is 0 Å². The van der Waals surface area contributed by atoms with Crippen LogP contribution in [0.25, 0.3) is 5.69 Å². The van der Waals surface area contributed by atoms with Gasteiger partial charge < -0.3 is 10.6 Å². The van der Waals surface area contributed by atoms with Crippen molar-refractivity contribution in [3.8, 4) is 5.69 Å². The highest BCUT2D eigenvalue weighted by molar-refractivity contribution is 7.98. The molecular weight excluding hydrogens is 396 g/mol. The first-order chi connectivity index (χ1) is 14.5. The summed E-state index contributed by atoms with van der Waals surface area (Å²) >= 11 is 1.55. The molecule has 1 aromatic heterocycles. The van der Waals surface area contributed by atoms with E-state index in [1.165, 1.54) is 0 Å². The summed E-state index contributed by atoms with van der Waals surface area (Å²) in [6, 6.07) is 14.9. The molecule has 1 saturated carbocycles. The lowest BCUT2D eigenvalue weighted by Crippen LogP contribution is -2.26. The summed E-state index contributed by atoms with van der Waals surface area (Å²) in [6.07, 6.45) is 7.56. The molecule has 1 fully saturated rings. The van der Waals surface area contributed by atoms with Crippen molar-refractivity contribution in [3.05, 3.63) is 72.1 Å². The van der Waals surface area contributed by atoms with Gasteiger partial charge in [0.05, 0.1) is 6.04 Å². The molecule has 1 aliphatic rings. The van der Waals surface area contributed by atoms with Gasteiger partial charge in [-0.05, 0) is 61.9 Å². The lowest BCUT2D eigenvalue weighted by molar-refractivity contribution is -0.117. The molecule has 0 spiro atoms. The van der Waals surface area contributed by atoms with Crippen LogP contribution in [0.5, 0.6) is 0 Å². The number of hydrogen-bond acceptors (Lipinski definition) is 4. The first kappa shape index (κ1) is 20.2. The maximum absolute atomic E-state index is 12.8. The lowest BCUT2D eigenvalue weighted by atomic mass is 10.1. The number of carbonyl (C=O) groups is 2. The number of thioether (sulfide) groups is 1. The van der Waals surface area contributed by atoms with Crippen molar-refractivity contribution in [1.29, 1.82) is 0 Å². The second-order valence-corrected chi connectivity index (χ2v) is 8.19. The molecule has 3 aromatic rings. The van der Waals surface area contributed by atoms with Crippen LogP contribution in [0, 0.1) is 5.92 Å². The summed E-state index contributed by atoms with van der Waals surface area (Å²) < 4.78 is 1.96. The van der Waals surface area contributed by atoms with Gasteiger partial charge in [0, 0.05) is 35.2 Å². The van der Waals surface area contributed by atoms with Crippen molar-refractivity contribution in [2.24, 2.45) is 5.92 Å². The Morgan fingerprint density at radius 2 is 1.93 bits per heavy atom. The van der Waals surface area contributed by atoms with Gasteiger partial charge in [-0.1, -0.05) is 30.0 Å². The molecule has 7 heteroatoms. The Morgan fingerprint density at radius 3 is 2.63 bits per heavy atom. The Kier molecular flexibility index (Phi) is 5.90. The van der Waals surface area contributed by atoms with Gasteiger partial charge in [-0.15, -0.1) is 0 Å². The molecule has 4 rings (SSSR count). The van der Waals surface area contributed by atoms with Crippen molar-refractivity contribution in [3.63, 3.8) is 0 Å². The van der Waals surface area contributed by atoms with Crippen molar-refractivity contribution in [2.75, 3.05) is 11.6 Å². The molecule has 30 heavy (non-hydrogen) atoms. The molecule has 1 aliphatic carbocycles. The maximum atomic E-state index is 12.8. The Balaban J connectivity index is 1.42. The minimum absolute atomic E-state index is 0.0894. The molecule has 0 bridgehead atoms. The van der Waals surface area contributed by atoms with E-state index < -0.39 is 0 Å². The fourth-order valence-corrected chi connectivity index (χ4v) is 3.77. The summed E-state index contributed by atoms with van der Waals surface area (Å²) in [4.78, 5) is 29.0. The molecular formula is C23H24N4O2S. The van der Waals surface area contributed by atoms with E-state index in [9.17, 15) is 9.59 Å². The Bertz CT molecular complexity index is 1060. The summed E-state index contributed by atoms with van der Waals surface area (Å²) in [5.74, 6) is 0.126. The maximum Gasteiger partial charge on any atom is 0.251 e. The van der Waals surface area contributed by atoms with E-state index in [2.05, 4.69) is 15.6 Å². The molecule has 2 N–H and O–H groups in total. The van der Waals surface area contributed by atoms with Gasteiger partial charge in [-0.3, -0.25) is 14.2 Å². The van der Waals surface area contributed by atoms with E-state index in [0.717, 1.165) is 34.9 Å². The molecule has 2 amide bonds. The smallest absolute Gasteiger partial charge is 0.251 e. The number of carbonyl (C=O) groups excluding carboxylic acids is 2. The number of amides is 2. The second-order valence-electron chi connectivity index (χ2n) is 7.41. The largest absolute Gasteiger partial charge is 0.346 e. The van der Waals surface area contributed by atoms with E-state index in [-0.39, 0.29) is 23.8 Å². The van der Waals surface area contributed by atoms with Crippen LogP contribution in [0.2, 0.25) is 0 Å². The van der Waals surface area contributed by atoms with Crippen LogP contribution in [-0.2, 0) is 4.79 Å². The van der Waals surface area contributed by atoms with Crippen molar-refractivity contribution in [1.82, 2.24) is 14.9 Å². The number of hydrogen-bond donors (Lipinski definition) is 2. The van der Waals surface area contributed by atoms with Crippen molar-refractivity contribution in [2.45, 2.75) is 31.0 Å². The van der Waals surface area contributed by atoms with Gasteiger partial charge in [-0.25, -0.2) is 4.98 Å². The fraction of sp³-hybridized carbons (Fsp3) is 0.261. The van der Waals surface area contributed by atoms with Gasteiger partial charge in [0.1, 0.15) is 0 Å². The molecule has 1 heterocycles. The van der Waals surface area contributed by atoms with E-state index in [1.807, 2.05) is 66.4 Å². The Hall–Kier alpha value is -3.06. The summed E-state index contributed by atoms with van der Waals surface area (Å²) in [6.45, 7) is 1.95. The fourth-order valence-electron chi connectivity index (χ4n) is 3.24. The van der Waals surface area contributed by atoms with Crippen LogP contribution in [0.3, 0.4) is 0 Å². The number of nitrogens with zero attached hydrogens (tertiary/aromatic N) is 2. The van der Waals surface area contributed by atoms with Gasteiger partial charge >= 0.3 is 0 Å². The lowest BCUT2D eigenvalue weighted by Gasteiger charge is -2.16. The first-order valence-electron chi connectivity index (χ1n) is 9.94. The Labute approximate surface area is 180 Å². The summed E-state index contributed by atoms with van der Waals surface area (Å²) in [7, 11) is 0. The minimum atomic E-state index is -0.163. The number of imidazole rings is 1. The Morgan fingerprint density at radius 1 is 1.17 bits per heavy atom. The molecule has 2 aromatic carbocycles. The average Bonchev–Trinajstić information content (AvgIpc) is 3.51. The average molecular weight is 421 g/mol. The highest BCUT2D eigenvalue weighted by Crippen LogP contribution is 2.30. The van der Waals surface area contributed by atoms with Crippen LogP contribution in [-0.4, -0.2) is 27.6 Å². The van der Waals surface area contributed by atoms with Crippen molar-refractivity contribution < 1.29 is 9.59 Å². The van der Waals surface area contributed by atoms with E-state index >= 15 is 0 Å². The minimum Gasteiger partial charge on any atom is -0.346 e. The van der Waals surface area contributed by atoms with Gasteiger partial charge in [0.25, 0.3) is 5.91 Å². The highest BCUT2D eigenvalue weighted by Gasteiger charge is 2.29. The zero-order valence-corrected chi connectivity index (χ0v) is 17.8. The normalized spacial score (nSPS) is 14.2. The van der Waals surface area contributed by atoms with Crippen LogP contribution in [0.1, 0.15) is 41.7 Å². The third-order valence-electron chi connectivity index (χ3n) is 5.15. The van der Waals surface area contributed by atoms with Crippen molar-refractivity contribution >= 4 is 29.3 Å².